The fourth-order valence-electron chi connectivity index (χ4n) is 1.47. The number of aromatic nitrogens is 3. The fraction of sp³-hybridized carbons (Fsp3) is 0.200. The van der Waals surface area contributed by atoms with Gasteiger partial charge in [0.15, 0.2) is 4.77 Å². The van der Waals surface area contributed by atoms with Gasteiger partial charge in [0, 0.05) is 9.50 Å². The van der Waals surface area contributed by atoms with Crippen LogP contribution >= 0.6 is 39.7 Å². The molecule has 2 rings (SSSR count). The second-order valence-corrected chi connectivity index (χ2v) is 5.11. The van der Waals surface area contributed by atoms with Crippen molar-refractivity contribution in [2.24, 2.45) is 0 Å². The Bertz CT molecular complexity index is 603. The Kier molecular flexibility index (Phi) is 3.19. The average Bonchev–Trinajstić information content (AvgIpc) is 2.53. The molecule has 0 saturated carbocycles. The van der Waals surface area contributed by atoms with E-state index in [0.29, 0.717) is 9.79 Å². The van der Waals surface area contributed by atoms with E-state index in [2.05, 4.69) is 26.1 Å². The maximum absolute atomic E-state index is 6.11. The lowest BCUT2D eigenvalue weighted by atomic mass is 10.2. The Hall–Kier alpha value is -0.650. The molecule has 0 bridgehead atoms. The molecule has 0 atom stereocenters. The molecule has 1 aromatic carbocycles. The lowest BCUT2D eigenvalue weighted by Crippen LogP contribution is -1.99. The molecule has 0 fully saturated rings. The molecule has 6 heteroatoms. The van der Waals surface area contributed by atoms with E-state index in [9.17, 15) is 0 Å². The molecule has 0 saturated heterocycles. The predicted molar refractivity (Wildman–Crippen MR) is 70.9 cm³/mol. The van der Waals surface area contributed by atoms with Crippen molar-refractivity contribution in [2.75, 3.05) is 0 Å². The second kappa shape index (κ2) is 4.31. The normalized spacial score (nSPS) is 10.8. The highest BCUT2D eigenvalue weighted by atomic mass is 79.9. The summed E-state index contributed by atoms with van der Waals surface area (Å²) in [6, 6.07) is 3.84. The van der Waals surface area contributed by atoms with Gasteiger partial charge in [0.2, 0.25) is 0 Å². The number of nitrogens with one attached hydrogen (secondary N) is 1. The molecule has 84 valence electrons. The van der Waals surface area contributed by atoms with Crippen LogP contribution in [0.25, 0.3) is 5.69 Å². The van der Waals surface area contributed by atoms with Crippen molar-refractivity contribution < 1.29 is 0 Å². The van der Waals surface area contributed by atoms with Gasteiger partial charge in [0.05, 0.1) is 5.69 Å². The van der Waals surface area contributed by atoms with Crippen LogP contribution < -0.4 is 0 Å². The van der Waals surface area contributed by atoms with Crippen LogP contribution in [0.3, 0.4) is 0 Å². The van der Waals surface area contributed by atoms with Crippen LogP contribution in [0.5, 0.6) is 0 Å². The lowest BCUT2D eigenvalue weighted by molar-refractivity contribution is 0.957. The number of hydrogen-bond donors (Lipinski definition) is 1. The van der Waals surface area contributed by atoms with Crippen molar-refractivity contribution in [2.45, 2.75) is 13.8 Å². The summed E-state index contributed by atoms with van der Waals surface area (Å²) in [5.74, 6) is 0.797. The highest BCUT2D eigenvalue weighted by Gasteiger charge is 2.10. The van der Waals surface area contributed by atoms with Gasteiger partial charge in [-0.05, 0) is 59.7 Å². The molecule has 0 aliphatic heterocycles. The molecule has 1 N–H and O–H groups in total. The zero-order chi connectivity index (χ0) is 11.9. The lowest BCUT2D eigenvalue weighted by Gasteiger charge is -2.09. The van der Waals surface area contributed by atoms with Crippen LogP contribution in [0.4, 0.5) is 0 Å². The van der Waals surface area contributed by atoms with E-state index in [4.69, 9.17) is 23.8 Å². The van der Waals surface area contributed by atoms with E-state index in [0.717, 1.165) is 21.5 Å². The van der Waals surface area contributed by atoms with Gasteiger partial charge >= 0.3 is 0 Å². The van der Waals surface area contributed by atoms with E-state index < -0.39 is 0 Å². The first kappa shape index (κ1) is 11.8. The van der Waals surface area contributed by atoms with Crippen molar-refractivity contribution in [1.82, 2.24) is 14.8 Å². The van der Waals surface area contributed by atoms with Gasteiger partial charge in [-0.2, -0.15) is 5.10 Å². The molecular weight excluding hydrogens is 310 g/mol. The number of halogens is 2. The fourth-order valence-corrected chi connectivity index (χ4v) is 2.54. The number of aryl methyl sites for hydroxylation is 2. The van der Waals surface area contributed by atoms with Crippen LogP contribution in [-0.4, -0.2) is 14.8 Å². The minimum Gasteiger partial charge on any atom is -0.271 e. The van der Waals surface area contributed by atoms with Crippen LogP contribution in [-0.2, 0) is 0 Å². The number of H-pyrrole nitrogens is 1. The Balaban J connectivity index is 2.74. The molecule has 1 heterocycles. The van der Waals surface area contributed by atoms with Gasteiger partial charge < -0.3 is 0 Å². The zero-order valence-electron chi connectivity index (χ0n) is 8.71. The van der Waals surface area contributed by atoms with E-state index in [1.807, 2.05) is 30.5 Å². The molecule has 0 aliphatic rings. The first-order valence-corrected chi connectivity index (χ1v) is 6.18. The first-order chi connectivity index (χ1) is 7.50. The van der Waals surface area contributed by atoms with Gasteiger partial charge in [0.25, 0.3) is 0 Å². The maximum atomic E-state index is 6.11. The molecule has 0 aliphatic carbocycles. The van der Waals surface area contributed by atoms with Crippen LogP contribution in [0.2, 0.25) is 5.02 Å². The quantitative estimate of drug-likeness (QED) is 0.807. The molecule has 1 aromatic heterocycles. The van der Waals surface area contributed by atoms with E-state index in [-0.39, 0.29) is 0 Å². The van der Waals surface area contributed by atoms with Crippen molar-refractivity contribution in [3.63, 3.8) is 0 Å². The molecule has 3 nitrogen and oxygen atoms in total. The summed E-state index contributed by atoms with van der Waals surface area (Å²) < 4.78 is 3.33. The van der Waals surface area contributed by atoms with E-state index in [1.54, 1.807) is 0 Å². The van der Waals surface area contributed by atoms with Gasteiger partial charge in [-0.25, -0.2) is 0 Å². The number of benzene rings is 1. The van der Waals surface area contributed by atoms with E-state index in [1.165, 1.54) is 0 Å². The SMILES string of the molecule is Cc1cc(Br)c(-n2c(C)n[nH]c2=S)cc1Cl. The largest absolute Gasteiger partial charge is 0.271 e. The summed E-state index contributed by atoms with van der Waals surface area (Å²) in [5.41, 5.74) is 1.91. The third-order valence-corrected chi connectivity index (χ3v) is 3.63. The van der Waals surface area contributed by atoms with E-state index >= 15 is 0 Å². The Morgan fingerprint density at radius 3 is 2.69 bits per heavy atom. The molecule has 0 unspecified atom stereocenters. The van der Waals surface area contributed by atoms with Gasteiger partial charge in [0.1, 0.15) is 5.82 Å². The van der Waals surface area contributed by atoms with Crippen molar-refractivity contribution in [3.05, 3.63) is 37.8 Å². The Morgan fingerprint density at radius 1 is 1.44 bits per heavy atom. The minimum absolute atomic E-state index is 0.554. The van der Waals surface area contributed by atoms with Crippen molar-refractivity contribution >= 4 is 39.7 Å². The third kappa shape index (κ3) is 1.95. The van der Waals surface area contributed by atoms with Crippen LogP contribution in [0, 0.1) is 18.6 Å². The summed E-state index contributed by atoms with van der Waals surface area (Å²) in [4.78, 5) is 0. The average molecular weight is 319 g/mol. The van der Waals surface area contributed by atoms with Gasteiger partial charge in [-0.3, -0.25) is 9.67 Å². The number of aromatic amines is 1. The van der Waals surface area contributed by atoms with Gasteiger partial charge in [-0.15, -0.1) is 0 Å². The summed E-state index contributed by atoms with van der Waals surface area (Å²) in [5, 5.41) is 7.53. The number of nitrogens with zero attached hydrogens (tertiary/aromatic N) is 2. The highest BCUT2D eigenvalue weighted by molar-refractivity contribution is 9.10. The molecule has 0 radical (unpaired) electrons. The number of rotatable bonds is 1. The summed E-state index contributed by atoms with van der Waals surface area (Å²) in [6.07, 6.45) is 0. The number of hydrogen-bond acceptors (Lipinski definition) is 2. The third-order valence-electron chi connectivity index (χ3n) is 2.31. The zero-order valence-corrected chi connectivity index (χ0v) is 11.9. The summed E-state index contributed by atoms with van der Waals surface area (Å²) in [7, 11) is 0. The molecular formula is C10H9BrClN3S. The summed E-state index contributed by atoms with van der Waals surface area (Å²) in [6.45, 7) is 3.84. The monoisotopic (exact) mass is 317 g/mol. The topological polar surface area (TPSA) is 33.6 Å². The first-order valence-electron chi connectivity index (χ1n) is 4.60. The van der Waals surface area contributed by atoms with Crippen molar-refractivity contribution in [3.8, 4) is 5.69 Å². The maximum Gasteiger partial charge on any atom is 0.199 e. The van der Waals surface area contributed by atoms with Crippen molar-refractivity contribution in [1.29, 1.82) is 0 Å². The molecule has 2 aromatic rings. The Morgan fingerprint density at radius 2 is 2.12 bits per heavy atom. The van der Waals surface area contributed by atoms with Crippen LogP contribution in [0.15, 0.2) is 16.6 Å². The predicted octanol–water partition coefficient (Wildman–Crippen LogP) is 3.96. The minimum atomic E-state index is 0.554. The Labute approximate surface area is 112 Å². The molecule has 0 amide bonds. The summed E-state index contributed by atoms with van der Waals surface area (Å²) >= 11 is 14.8. The standard InChI is InChI=1S/C10H9BrClN3S/c1-5-3-7(11)9(4-8(5)12)15-6(2)13-14-10(15)16/h3-4H,1-2H3,(H,14,16). The van der Waals surface area contributed by atoms with Gasteiger partial charge in [-0.1, -0.05) is 11.6 Å². The van der Waals surface area contributed by atoms with Crippen LogP contribution in [0.1, 0.15) is 11.4 Å². The second-order valence-electron chi connectivity index (χ2n) is 3.46. The molecule has 16 heavy (non-hydrogen) atoms. The smallest absolute Gasteiger partial charge is 0.199 e. The highest BCUT2D eigenvalue weighted by Crippen LogP contribution is 2.28. The molecule has 0 spiro atoms.